The van der Waals surface area contributed by atoms with Gasteiger partial charge in [0.1, 0.15) is 5.76 Å². The van der Waals surface area contributed by atoms with E-state index in [0.29, 0.717) is 67.2 Å². The van der Waals surface area contributed by atoms with Gasteiger partial charge in [-0.25, -0.2) is 4.98 Å². The number of carbonyl (C=O) groups excluding carboxylic acids is 1. The second-order valence-corrected chi connectivity index (χ2v) is 6.96. The van der Waals surface area contributed by atoms with E-state index in [-0.39, 0.29) is 11.5 Å². The van der Waals surface area contributed by atoms with Crippen molar-refractivity contribution in [2.45, 2.75) is 25.9 Å². The Hall–Kier alpha value is -3.33. The highest BCUT2D eigenvalue weighted by Gasteiger charge is 2.16. The van der Waals surface area contributed by atoms with E-state index in [9.17, 15) is 9.59 Å². The monoisotopic (exact) mass is 429 g/mol. The molecule has 0 radical (unpaired) electrons. The molecule has 0 spiro atoms. The normalized spacial score (nSPS) is 10.9. The van der Waals surface area contributed by atoms with Crippen LogP contribution in [-0.2, 0) is 22.6 Å². The van der Waals surface area contributed by atoms with Crippen molar-refractivity contribution in [3.05, 3.63) is 53.0 Å². The molecule has 2 heterocycles. The smallest absolute Gasteiger partial charge is 0.261 e. The number of methoxy groups -OCH3 is 3. The predicted molar refractivity (Wildman–Crippen MR) is 114 cm³/mol. The second kappa shape index (κ2) is 10.6. The molecule has 0 aliphatic carbocycles. The van der Waals surface area contributed by atoms with E-state index >= 15 is 0 Å². The highest BCUT2D eigenvalue weighted by molar-refractivity contribution is 5.81. The number of nitrogens with zero attached hydrogens (tertiary/aromatic N) is 3. The molecular weight excluding hydrogens is 402 g/mol. The summed E-state index contributed by atoms with van der Waals surface area (Å²) >= 11 is 0. The van der Waals surface area contributed by atoms with Gasteiger partial charge in [0.25, 0.3) is 5.56 Å². The maximum atomic E-state index is 12.9. The fraction of sp³-hybridized carbons (Fsp3) is 0.409. The number of aryl methyl sites for hydroxylation is 1. The quantitative estimate of drug-likeness (QED) is 0.462. The molecule has 0 saturated heterocycles. The Balaban J connectivity index is 1.67. The van der Waals surface area contributed by atoms with Crippen LogP contribution in [0.2, 0.25) is 0 Å². The van der Waals surface area contributed by atoms with Gasteiger partial charge in [0.2, 0.25) is 5.91 Å². The Morgan fingerprint density at radius 3 is 2.65 bits per heavy atom. The Morgan fingerprint density at radius 1 is 1.19 bits per heavy atom. The number of carbonyl (C=O) groups is 1. The first-order chi connectivity index (χ1) is 15.1. The molecule has 9 nitrogen and oxygen atoms in total. The first-order valence-electron chi connectivity index (χ1n) is 9.97. The van der Waals surface area contributed by atoms with Crippen LogP contribution in [0, 0.1) is 0 Å². The van der Waals surface area contributed by atoms with Crippen molar-refractivity contribution in [3.8, 4) is 11.5 Å². The SMILES string of the molecule is COCCN(Cc1ccco1)C(=O)CCCn1cnc2cc(OC)c(OC)cc2c1=O. The zero-order chi connectivity index (χ0) is 22.2. The van der Waals surface area contributed by atoms with Crippen molar-refractivity contribution in [2.75, 3.05) is 34.5 Å². The average molecular weight is 429 g/mol. The number of furan rings is 1. The molecule has 1 amide bonds. The van der Waals surface area contributed by atoms with Crippen LogP contribution < -0.4 is 15.0 Å². The summed E-state index contributed by atoms with van der Waals surface area (Å²) in [4.78, 5) is 31.6. The van der Waals surface area contributed by atoms with Gasteiger partial charge in [0.05, 0.1) is 50.9 Å². The Labute approximate surface area is 180 Å². The van der Waals surface area contributed by atoms with Crippen molar-refractivity contribution in [1.29, 1.82) is 0 Å². The van der Waals surface area contributed by atoms with E-state index in [4.69, 9.17) is 18.6 Å². The van der Waals surface area contributed by atoms with Crippen LogP contribution >= 0.6 is 0 Å². The predicted octanol–water partition coefficient (Wildman–Crippen LogP) is 2.46. The van der Waals surface area contributed by atoms with Gasteiger partial charge in [0, 0.05) is 32.7 Å². The molecular formula is C22H27N3O6. The van der Waals surface area contributed by atoms with Gasteiger partial charge in [-0.3, -0.25) is 14.2 Å². The third kappa shape index (κ3) is 5.43. The van der Waals surface area contributed by atoms with E-state index in [0.717, 1.165) is 0 Å². The number of hydrogen-bond donors (Lipinski definition) is 0. The van der Waals surface area contributed by atoms with E-state index < -0.39 is 0 Å². The van der Waals surface area contributed by atoms with E-state index in [1.165, 1.54) is 25.1 Å². The topological polar surface area (TPSA) is 96.0 Å². The first-order valence-corrected chi connectivity index (χ1v) is 9.97. The van der Waals surface area contributed by atoms with Gasteiger partial charge in [-0.15, -0.1) is 0 Å². The molecule has 1 aromatic carbocycles. The van der Waals surface area contributed by atoms with Crippen molar-refractivity contribution >= 4 is 16.8 Å². The molecule has 0 aliphatic rings. The van der Waals surface area contributed by atoms with Crippen LogP contribution in [0.15, 0.2) is 46.1 Å². The summed E-state index contributed by atoms with van der Waals surface area (Å²) < 4.78 is 22.5. The summed E-state index contributed by atoms with van der Waals surface area (Å²) in [6.45, 7) is 1.66. The van der Waals surface area contributed by atoms with Crippen LogP contribution in [0.5, 0.6) is 11.5 Å². The number of hydrogen-bond acceptors (Lipinski definition) is 7. The first kappa shape index (κ1) is 22.4. The molecule has 166 valence electrons. The maximum Gasteiger partial charge on any atom is 0.261 e. The van der Waals surface area contributed by atoms with Gasteiger partial charge in [-0.1, -0.05) is 0 Å². The zero-order valence-electron chi connectivity index (χ0n) is 18.0. The van der Waals surface area contributed by atoms with Gasteiger partial charge < -0.3 is 23.5 Å². The Morgan fingerprint density at radius 2 is 1.97 bits per heavy atom. The summed E-state index contributed by atoms with van der Waals surface area (Å²) in [5.74, 6) is 1.66. The molecule has 3 aromatic rings. The third-order valence-electron chi connectivity index (χ3n) is 4.96. The van der Waals surface area contributed by atoms with E-state index in [1.807, 2.05) is 6.07 Å². The van der Waals surface area contributed by atoms with Crippen molar-refractivity contribution in [3.63, 3.8) is 0 Å². The highest BCUT2D eigenvalue weighted by atomic mass is 16.5. The lowest BCUT2D eigenvalue weighted by Gasteiger charge is -2.21. The highest BCUT2D eigenvalue weighted by Crippen LogP contribution is 2.29. The number of aromatic nitrogens is 2. The lowest BCUT2D eigenvalue weighted by Crippen LogP contribution is -2.33. The number of rotatable bonds is 11. The average Bonchev–Trinajstić information content (AvgIpc) is 3.30. The van der Waals surface area contributed by atoms with E-state index in [2.05, 4.69) is 4.98 Å². The molecule has 0 saturated carbocycles. The van der Waals surface area contributed by atoms with Gasteiger partial charge >= 0.3 is 0 Å². The number of benzene rings is 1. The molecule has 31 heavy (non-hydrogen) atoms. The van der Waals surface area contributed by atoms with Gasteiger partial charge in [-0.05, 0) is 24.6 Å². The van der Waals surface area contributed by atoms with Gasteiger partial charge in [-0.2, -0.15) is 0 Å². The fourth-order valence-corrected chi connectivity index (χ4v) is 3.29. The minimum absolute atomic E-state index is 0.0262. The number of amides is 1. The largest absolute Gasteiger partial charge is 0.493 e. The Kier molecular flexibility index (Phi) is 7.66. The molecule has 0 aliphatic heterocycles. The Bertz CT molecular complexity index is 1060. The van der Waals surface area contributed by atoms with Crippen LogP contribution in [-0.4, -0.2) is 54.8 Å². The molecule has 0 N–H and O–H groups in total. The summed E-state index contributed by atoms with van der Waals surface area (Å²) in [6.07, 6.45) is 3.87. The van der Waals surface area contributed by atoms with Crippen LogP contribution in [0.25, 0.3) is 10.9 Å². The fourth-order valence-electron chi connectivity index (χ4n) is 3.29. The minimum Gasteiger partial charge on any atom is -0.493 e. The van der Waals surface area contributed by atoms with Crippen LogP contribution in [0.3, 0.4) is 0 Å². The molecule has 0 bridgehead atoms. The number of ether oxygens (including phenoxy) is 3. The van der Waals surface area contributed by atoms with Crippen molar-refractivity contribution in [1.82, 2.24) is 14.5 Å². The molecule has 3 rings (SSSR count). The number of fused-ring (bicyclic) bond motifs is 1. The summed E-state index contributed by atoms with van der Waals surface area (Å²) in [5.41, 5.74) is 0.337. The lowest BCUT2D eigenvalue weighted by atomic mass is 10.2. The summed E-state index contributed by atoms with van der Waals surface area (Å²) in [6, 6.07) is 6.92. The summed E-state index contributed by atoms with van der Waals surface area (Å²) in [7, 11) is 4.64. The standard InChI is InChI=1S/C22H27N3O6/c1-28-11-9-24(14-16-6-5-10-31-16)21(26)7-4-8-25-15-23-18-13-20(30-3)19(29-2)12-17(18)22(25)27/h5-6,10,12-13,15H,4,7-9,11,14H2,1-3H3. The molecule has 0 fully saturated rings. The van der Waals surface area contributed by atoms with E-state index in [1.54, 1.807) is 36.5 Å². The van der Waals surface area contributed by atoms with Crippen molar-refractivity contribution in [2.24, 2.45) is 0 Å². The molecule has 0 atom stereocenters. The van der Waals surface area contributed by atoms with Gasteiger partial charge in [0.15, 0.2) is 11.5 Å². The third-order valence-corrected chi connectivity index (χ3v) is 4.96. The van der Waals surface area contributed by atoms with Crippen molar-refractivity contribution < 1.29 is 23.4 Å². The maximum absolute atomic E-state index is 12.9. The van der Waals surface area contributed by atoms with Crippen LogP contribution in [0.4, 0.5) is 0 Å². The molecule has 9 heteroatoms. The summed E-state index contributed by atoms with van der Waals surface area (Å²) in [5, 5.41) is 0.436. The van der Waals surface area contributed by atoms with Crippen LogP contribution in [0.1, 0.15) is 18.6 Å². The molecule has 0 unspecified atom stereocenters. The lowest BCUT2D eigenvalue weighted by molar-refractivity contribution is -0.132. The molecule has 2 aromatic heterocycles. The minimum atomic E-state index is -0.190. The second-order valence-electron chi connectivity index (χ2n) is 6.96. The zero-order valence-corrected chi connectivity index (χ0v) is 18.0.